The van der Waals surface area contributed by atoms with E-state index in [9.17, 15) is 9.59 Å². The normalized spacial score (nSPS) is 10.9. The van der Waals surface area contributed by atoms with Gasteiger partial charge < -0.3 is 14.2 Å². The number of esters is 1. The summed E-state index contributed by atoms with van der Waals surface area (Å²) in [6, 6.07) is 21.0. The molecule has 0 aliphatic heterocycles. The Morgan fingerprint density at radius 3 is 1.89 bits per heavy atom. The van der Waals surface area contributed by atoms with Crippen molar-refractivity contribution in [2.24, 2.45) is 0 Å². The van der Waals surface area contributed by atoms with E-state index in [1.54, 1.807) is 54.6 Å². The van der Waals surface area contributed by atoms with E-state index >= 15 is 0 Å². The van der Waals surface area contributed by atoms with Gasteiger partial charge in [-0.25, -0.2) is 4.79 Å². The largest absolute Gasteiger partial charge is 0.494 e. The molecule has 5 heteroatoms. The molecule has 3 rings (SSSR count). The van der Waals surface area contributed by atoms with Crippen molar-refractivity contribution in [1.82, 2.24) is 0 Å². The summed E-state index contributed by atoms with van der Waals surface area (Å²) >= 11 is 0. The van der Waals surface area contributed by atoms with Crippen molar-refractivity contribution in [2.75, 3.05) is 13.2 Å². The first kappa shape index (κ1) is 27.7. The average Bonchev–Trinajstić information content (AvgIpc) is 2.93. The highest BCUT2D eigenvalue weighted by Gasteiger charge is 2.10. The summed E-state index contributed by atoms with van der Waals surface area (Å²) in [6.07, 6.45) is 10.7. The molecule has 194 valence electrons. The second-order valence-electron chi connectivity index (χ2n) is 8.75. The monoisotopic (exact) mass is 500 g/mol. The summed E-state index contributed by atoms with van der Waals surface area (Å²) in [6.45, 7) is 5.41. The number of rotatable bonds is 15. The molecule has 3 aromatic rings. The van der Waals surface area contributed by atoms with Gasteiger partial charge in [-0.05, 0) is 85.6 Å². The number of ketones is 1. The molecule has 0 radical (unpaired) electrons. The highest BCUT2D eigenvalue weighted by atomic mass is 16.5. The number of ether oxygens (including phenoxy) is 3. The van der Waals surface area contributed by atoms with E-state index in [4.69, 9.17) is 14.2 Å². The van der Waals surface area contributed by atoms with E-state index in [2.05, 4.69) is 6.92 Å². The van der Waals surface area contributed by atoms with Crippen molar-refractivity contribution in [2.45, 2.75) is 52.4 Å². The Kier molecular flexibility index (Phi) is 11.5. The topological polar surface area (TPSA) is 61.8 Å². The van der Waals surface area contributed by atoms with Gasteiger partial charge in [-0.15, -0.1) is 0 Å². The zero-order chi connectivity index (χ0) is 26.3. The summed E-state index contributed by atoms with van der Waals surface area (Å²) in [7, 11) is 0. The van der Waals surface area contributed by atoms with Gasteiger partial charge in [-0.1, -0.05) is 57.2 Å². The molecular weight excluding hydrogens is 464 g/mol. The van der Waals surface area contributed by atoms with Gasteiger partial charge in [0.1, 0.15) is 17.2 Å². The highest BCUT2D eigenvalue weighted by Crippen LogP contribution is 2.18. The van der Waals surface area contributed by atoms with E-state index in [-0.39, 0.29) is 5.78 Å². The van der Waals surface area contributed by atoms with Crippen LogP contribution < -0.4 is 14.2 Å². The minimum Gasteiger partial charge on any atom is -0.494 e. The second-order valence-corrected chi connectivity index (χ2v) is 8.75. The van der Waals surface area contributed by atoms with Crippen LogP contribution in [0.1, 0.15) is 78.7 Å². The summed E-state index contributed by atoms with van der Waals surface area (Å²) in [4.78, 5) is 24.9. The molecule has 5 nitrogen and oxygen atoms in total. The van der Waals surface area contributed by atoms with Crippen molar-refractivity contribution < 1.29 is 23.8 Å². The summed E-state index contributed by atoms with van der Waals surface area (Å²) in [5.74, 6) is 1.31. The third kappa shape index (κ3) is 9.60. The van der Waals surface area contributed by atoms with E-state index in [0.29, 0.717) is 29.2 Å². The molecule has 37 heavy (non-hydrogen) atoms. The molecule has 0 heterocycles. The van der Waals surface area contributed by atoms with Gasteiger partial charge >= 0.3 is 5.97 Å². The first-order valence-electron chi connectivity index (χ1n) is 13.1. The number of carbonyl (C=O) groups excluding carboxylic acids is 2. The first-order chi connectivity index (χ1) is 18.1. The van der Waals surface area contributed by atoms with Crippen LogP contribution in [-0.2, 0) is 0 Å². The zero-order valence-electron chi connectivity index (χ0n) is 21.8. The second kappa shape index (κ2) is 15.3. The molecule has 3 aromatic carbocycles. The van der Waals surface area contributed by atoms with Crippen molar-refractivity contribution in [3.8, 4) is 17.2 Å². The fraction of sp³-hybridized carbons (Fsp3) is 0.312. The SMILES string of the molecule is CCCCCCCCOc1ccc(/C=C/C(=O)c2ccc(OC(=O)c3ccc(OCC)cc3)cc2)cc1. The third-order valence-electron chi connectivity index (χ3n) is 5.82. The van der Waals surface area contributed by atoms with E-state index in [1.165, 1.54) is 38.2 Å². The van der Waals surface area contributed by atoms with Gasteiger partial charge in [0, 0.05) is 5.56 Å². The van der Waals surface area contributed by atoms with E-state index in [1.807, 2.05) is 31.2 Å². The summed E-state index contributed by atoms with van der Waals surface area (Å²) in [5, 5.41) is 0. The number of unbranched alkanes of at least 4 members (excludes halogenated alkanes) is 5. The molecule has 0 aromatic heterocycles. The standard InChI is InChI=1S/C32H36O5/c1-3-5-6-7-8-9-24-36-29-17-10-25(11-18-29)12-23-31(33)26-13-21-30(22-14-26)37-32(34)27-15-19-28(20-16-27)35-4-2/h10-23H,3-9,24H2,1-2H3/b23-12+. The molecular formula is C32H36O5. The molecule has 0 aliphatic rings. The lowest BCUT2D eigenvalue weighted by atomic mass is 10.1. The maximum absolute atomic E-state index is 12.6. The zero-order valence-corrected chi connectivity index (χ0v) is 21.8. The quantitative estimate of drug-likeness (QED) is 0.0697. The van der Waals surface area contributed by atoms with Crippen LogP contribution in [0.4, 0.5) is 0 Å². The van der Waals surface area contributed by atoms with Crippen LogP contribution in [0.2, 0.25) is 0 Å². The summed E-state index contributed by atoms with van der Waals surface area (Å²) in [5.41, 5.74) is 1.85. The van der Waals surface area contributed by atoms with E-state index < -0.39 is 5.97 Å². The van der Waals surface area contributed by atoms with Gasteiger partial charge in [0.05, 0.1) is 18.8 Å². The Bertz CT molecular complexity index is 1130. The first-order valence-corrected chi connectivity index (χ1v) is 13.1. The van der Waals surface area contributed by atoms with Gasteiger partial charge in [-0.3, -0.25) is 4.79 Å². The fourth-order valence-electron chi connectivity index (χ4n) is 3.72. The number of hydrogen-bond acceptors (Lipinski definition) is 5. The predicted molar refractivity (Wildman–Crippen MR) is 148 cm³/mol. The molecule has 0 amide bonds. The predicted octanol–water partition coefficient (Wildman–Crippen LogP) is 7.94. The van der Waals surface area contributed by atoms with Crippen LogP contribution in [0.3, 0.4) is 0 Å². The Morgan fingerprint density at radius 2 is 1.22 bits per heavy atom. The molecule has 0 saturated carbocycles. The van der Waals surface area contributed by atoms with Crippen LogP contribution >= 0.6 is 0 Å². The maximum atomic E-state index is 12.6. The van der Waals surface area contributed by atoms with Crippen LogP contribution in [0, 0.1) is 0 Å². The van der Waals surface area contributed by atoms with Crippen molar-refractivity contribution in [1.29, 1.82) is 0 Å². The van der Waals surface area contributed by atoms with Crippen LogP contribution in [0.15, 0.2) is 78.9 Å². The number of hydrogen-bond donors (Lipinski definition) is 0. The van der Waals surface area contributed by atoms with Crippen molar-refractivity contribution in [3.63, 3.8) is 0 Å². The Morgan fingerprint density at radius 1 is 0.649 bits per heavy atom. The number of allylic oxidation sites excluding steroid dienone is 1. The van der Waals surface area contributed by atoms with Crippen LogP contribution in [0.25, 0.3) is 6.08 Å². The van der Waals surface area contributed by atoms with Crippen LogP contribution in [0.5, 0.6) is 17.2 Å². The van der Waals surface area contributed by atoms with E-state index in [0.717, 1.165) is 24.3 Å². The highest BCUT2D eigenvalue weighted by molar-refractivity contribution is 6.06. The Balaban J connectivity index is 1.44. The van der Waals surface area contributed by atoms with Crippen molar-refractivity contribution in [3.05, 3.63) is 95.6 Å². The summed E-state index contributed by atoms with van der Waals surface area (Å²) < 4.78 is 16.6. The average molecular weight is 501 g/mol. The molecule has 0 aliphatic carbocycles. The molecule has 0 N–H and O–H groups in total. The molecule has 0 bridgehead atoms. The minimum absolute atomic E-state index is 0.132. The maximum Gasteiger partial charge on any atom is 0.343 e. The third-order valence-corrected chi connectivity index (χ3v) is 5.82. The Hall–Kier alpha value is -3.86. The molecule has 0 saturated heterocycles. The minimum atomic E-state index is -0.471. The lowest BCUT2D eigenvalue weighted by Gasteiger charge is -2.07. The van der Waals surface area contributed by atoms with Gasteiger partial charge in [0.15, 0.2) is 5.78 Å². The molecule has 0 fully saturated rings. The van der Waals surface area contributed by atoms with Crippen LogP contribution in [-0.4, -0.2) is 25.0 Å². The molecule has 0 atom stereocenters. The van der Waals surface area contributed by atoms with Gasteiger partial charge in [0.25, 0.3) is 0 Å². The fourth-order valence-corrected chi connectivity index (χ4v) is 3.72. The lowest BCUT2D eigenvalue weighted by Crippen LogP contribution is -2.08. The van der Waals surface area contributed by atoms with Gasteiger partial charge in [0.2, 0.25) is 0 Å². The van der Waals surface area contributed by atoms with Gasteiger partial charge in [-0.2, -0.15) is 0 Å². The Labute approximate surface area is 220 Å². The number of benzene rings is 3. The molecule has 0 spiro atoms. The molecule has 0 unspecified atom stereocenters. The van der Waals surface area contributed by atoms with Crippen molar-refractivity contribution >= 4 is 17.8 Å². The smallest absolute Gasteiger partial charge is 0.343 e. The lowest BCUT2D eigenvalue weighted by molar-refractivity contribution is 0.0734. The number of carbonyl (C=O) groups is 2.